The third kappa shape index (κ3) is 5.82. The molecule has 2 aromatic carbocycles. The Morgan fingerprint density at radius 2 is 1.78 bits per heavy atom. The molecule has 0 aromatic heterocycles. The first-order valence-corrected chi connectivity index (χ1v) is 8.34. The fourth-order valence-corrected chi connectivity index (χ4v) is 2.20. The van der Waals surface area contributed by atoms with Crippen molar-refractivity contribution in [1.82, 2.24) is 16.2 Å². The predicted molar refractivity (Wildman–Crippen MR) is 106 cm³/mol. The zero-order chi connectivity index (χ0) is 19.6. The maximum atomic E-state index is 12.3. The number of nitrogens with one attached hydrogen (secondary N) is 3. The van der Waals surface area contributed by atoms with Crippen LogP contribution in [-0.4, -0.2) is 30.6 Å². The molecule has 0 heterocycles. The number of carbonyl (C=O) groups is 2. The fraction of sp³-hybridized carbons (Fsp3) is 0.105. The van der Waals surface area contributed by atoms with E-state index in [1.807, 2.05) is 0 Å². The van der Waals surface area contributed by atoms with Crippen LogP contribution in [0.5, 0.6) is 11.5 Å². The van der Waals surface area contributed by atoms with Gasteiger partial charge in [-0.3, -0.25) is 25.8 Å². The number of rotatable bonds is 6. The Labute approximate surface area is 162 Å². The van der Waals surface area contributed by atoms with Crippen molar-refractivity contribution in [3.8, 4) is 11.5 Å². The molecular weight excluding hydrogens is 366 g/mol. The second kappa shape index (κ2) is 9.93. The van der Waals surface area contributed by atoms with Crippen LogP contribution in [0.1, 0.15) is 20.7 Å². The Bertz CT molecular complexity index is 837. The van der Waals surface area contributed by atoms with E-state index in [4.69, 9.17) is 21.7 Å². The van der Waals surface area contributed by atoms with E-state index in [0.717, 1.165) is 0 Å². The largest absolute Gasteiger partial charge is 0.497 e. The Balaban J connectivity index is 1.90. The highest BCUT2D eigenvalue weighted by Gasteiger charge is 2.13. The lowest BCUT2D eigenvalue weighted by atomic mass is 10.2. The van der Waals surface area contributed by atoms with Crippen molar-refractivity contribution in [3.05, 3.63) is 72.3 Å². The first kappa shape index (κ1) is 19.9. The Morgan fingerprint density at radius 1 is 1.07 bits per heavy atom. The minimum absolute atomic E-state index is 0.0475. The lowest BCUT2D eigenvalue weighted by molar-refractivity contribution is 0.0931. The number of hydrazine groups is 1. The highest BCUT2D eigenvalue weighted by molar-refractivity contribution is 7.80. The van der Waals surface area contributed by atoms with Gasteiger partial charge < -0.3 is 9.47 Å². The molecule has 0 unspecified atom stereocenters. The maximum Gasteiger partial charge on any atom is 0.273 e. The molecule has 0 atom stereocenters. The number of benzene rings is 2. The first-order valence-electron chi connectivity index (χ1n) is 7.93. The Morgan fingerprint density at radius 3 is 2.44 bits per heavy atom. The quantitative estimate of drug-likeness (QED) is 0.401. The minimum Gasteiger partial charge on any atom is -0.497 e. The van der Waals surface area contributed by atoms with E-state index in [1.165, 1.54) is 7.11 Å². The van der Waals surface area contributed by atoms with Gasteiger partial charge in [-0.15, -0.1) is 0 Å². The summed E-state index contributed by atoms with van der Waals surface area (Å²) >= 11 is 5.02. The van der Waals surface area contributed by atoms with Gasteiger partial charge in [0.05, 0.1) is 12.7 Å². The second-order valence-corrected chi connectivity index (χ2v) is 5.59. The van der Waals surface area contributed by atoms with Gasteiger partial charge in [0.1, 0.15) is 18.1 Å². The van der Waals surface area contributed by atoms with E-state index in [-0.39, 0.29) is 11.7 Å². The molecule has 3 N–H and O–H groups in total. The summed E-state index contributed by atoms with van der Waals surface area (Å²) in [4.78, 5) is 24.4. The van der Waals surface area contributed by atoms with Crippen LogP contribution in [0, 0.1) is 0 Å². The topological polar surface area (TPSA) is 88.7 Å². The van der Waals surface area contributed by atoms with Crippen molar-refractivity contribution in [2.24, 2.45) is 0 Å². The molecule has 2 amide bonds. The smallest absolute Gasteiger partial charge is 0.273 e. The van der Waals surface area contributed by atoms with Gasteiger partial charge in [0.25, 0.3) is 11.8 Å². The molecule has 7 nitrogen and oxygen atoms in total. The molecule has 0 aliphatic heterocycles. The number of hydrogen-bond acceptors (Lipinski definition) is 5. The highest BCUT2D eigenvalue weighted by atomic mass is 32.1. The van der Waals surface area contributed by atoms with E-state index < -0.39 is 11.8 Å². The average Bonchev–Trinajstić information content (AvgIpc) is 2.70. The fourth-order valence-electron chi connectivity index (χ4n) is 2.06. The van der Waals surface area contributed by atoms with Crippen LogP contribution >= 0.6 is 12.2 Å². The molecule has 0 saturated carbocycles. The van der Waals surface area contributed by atoms with Gasteiger partial charge in [-0.25, -0.2) is 0 Å². The van der Waals surface area contributed by atoms with Crippen LogP contribution in [0.4, 0.5) is 0 Å². The number of hydrogen-bond donors (Lipinski definition) is 3. The maximum absolute atomic E-state index is 12.3. The molecule has 2 aromatic rings. The summed E-state index contributed by atoms with van der Waals surface area (Å²) in [5.41, 5.74) is 5.62. The molecule has 0 saturated heterocycles. The number of thiocarbonyl (C=S) groups is 1. The van der Waals surface area contributed by atoms with Crippen LogP contribution in [0.3, 0.4) is 0 Å². The van der Waals surface area contributed by atoms with Crippen molar-refractivity contribution < 1.29 is 19.1 Å². The molecule has 0 radical (unpaired) electrons. The SMILES string of the molecule is C=CCOc1ccccc1C(=O)NNC(=S)NC(=O)c1ccc(OC)cc1. The predicted octanol–water partition coefficient (Wildman–Crippen LogP) is 2.21. The average molecular weight is 385 g/mol. The van der Waals surface area contributed by atoms with Gasteiger partial charge in [0.15, 0.2) is 5.11 Å². The summed E-state index contributed by atoms with van der Waals surface area (Å²) in [7, 11) is 1.54. The molecule has 0 fully saturated rings. The molecule has 0 spiro atoms. The molecule has 0 aliphatic rings. The number of ether oxygens (including phenoxy) is 2. The normalized spacial score (nSPS) is 9.67. The van der Waals surface area contributed by atoms with Crippen molar-refractivity contribution >= 4 is 29.1 Å². The van der Waals surface area contributed by atoms with E-state index in [1.54, 1.807) is 54.6 Å². The van der Waals surface area contributed by atoms with Gasteiger partial charge in [0.2, 0.25) is 0 Å². The monoisotopic (exact) mass is 385 g/mol. The molecule has 2 rings (SSSR count). The Hall–Kier alpha value is -3.39. The van der Waals surface area contributed by atoms with Gasteiger partial charge in [-0.2, -0.15) is 0 Å². The lowest BCUT2D eigenvalue weighted by Crippen LogP contribution is -2.48. The van der Waals surface area contributed by atoms with Crippen molar-refractivity contribution in [2.75, 3.05) is 13.7 Å². The number of carbonyl (C=O) groups excluding carboxylic acids is 2. The van der Waals surface area contributed by atoms with Crippen molar-refractivity contribution in [3.63, 3.8) is 0 Å². The molecule has 0 aliphatic carbocycles. The van der Waals surface area contributed by atoms with E-state index in [9.17, 15) is 9.59 Å². The molecule has 140 valence electrons. The third-order valence-electron chi connectivity index (χ3n) is 3.36. The standard InChI is InChI=1S/C19H19N3O4S/c1-3-12-26-16-7-5-4-6-15(16)18(24)21-22-19(27)20-17(23)13-8-10-14(25-2)11-9-13/h3-11H,1,12H2,2H3,(H,21,24)(H2,20,22,23,27). The third-order valence-corrected chi connectivity index (χ3v) is 3.56. The van der Waals surface area contributed by atoms with Gasteiger partial charge >= 0.3 is 0 Å². The molecular formula is C19H19N3O4S. The van der Waals surface area contributed by atoms with Crippen molar-refractivity contribution in [2.45, 2.75) is 0 Å². The number of methoxy groups -OCH3 is 1. The van der Waals surface area contributed by atoms with Crippen LogP contribution in [0.2, 0.25) is 0 Å². The number of amides is 2. The summed E-state index contributed by atoms with van der Waals surface area (Å²) in [6.07, 6.45) is 1.58. The summed E-state index contributed by atoms with van der Waals surface area (Å²) in [6.45, 7) is 3.84. The molecule has 8 heteroatoms. The first-order chi connectivity index (χ1) is 13.0. The summed E-state index contributed by atoms with van der Waals surface area (Å²) in [5.74, 6) is 0.163. The van der Waals surface area contributed by atoms with Crippen LogP contribution in [0.15, 0.2) is 61.2 Å². The molecule has 0 bridgehead atoms. The zero-order valence-electron chi connectivity index (χ0n) is 14.7. The van der Waals surface area contributed by atoms with Crippen LogP contribution in [-0.2, 0) is 0 Å². The molecule has 27 heavy (non-hydrogen) atoms. The van der Waals surface area contributed by atoms with E-state index in [2.05, 4.69) is 22.7 Å². The Kier molecular flexibility index (Phi) is 7.33. The summed E-state index contributed by atoms with van der Waals surface area (Å²) in [5, 5.41) is 2.42. The number of para-hydroxylation sites is 1. The summed E-state index contributed by atoms with van der Waals surface area (Å²) < 4.78 is 10.5. The van der Waals surface area contributed by atoms with Crippen LogP contribution in [0.25, 0.3) is 0 Å². The van der Waals surface area contributed by atoms with Crippen LogP contribution < -0.4 is 25.6 Å². The van der Waals surface area contributed by atoms with Gasteiger partial charge in [0, 0.05) is 5.56 Å². The summed E-state index contributed by atoms with van der Waals surface area (Å²) in [6, 6.07) is 13.3. The second-order valence-electron chi connectivity index (χ2n) is 5.19. The highest BCUT2D eigenvalue weighted by Crippen LogP contribution is 2.17. The zero-order valence-corrected chi connectivity index (χ0v) is 15.5. The van der Waals surface area contributed by atoms with Gasteiger partial charge in [-0.1, -0.05) is 24.8 Å². The van der Waals surface area contributed by atoms with E-state index >= 15 is 0 Å². The lowest BCUT2D eigenvalue weighted by Gasteiger charge is -2.13. The van der Waals surface area contributed by atoms with E-state index in [0.29, 0.717) is 22.6 Å². The minimum atomic E-state index is -0.462. The van der Waals surface area contributed by atoms with Crippen molar-refractivity contribution in [1.29, 1.82) is 0 Å². The van der Waals surface area contributed by atoms with Gasteiger partial charge in [-0.05, 0) is 48.6 Å².